The van der Waals surface area contributed by atoms with Crippen LogP contribution in [0.25, 0.3) is 127 Å². The molecule has 0 aliphatic rings. The number of hydrogen-bond acceptors (Lipinski definition) is 1. The Balaban J connectivity index is 0.944. The largest absolute Gasteiger partial charge is 0.309 e. The predicted octanol–water partition coefficient (Wildman–Crippen LogP) is 16.5. The molecule has 0 bridgehead atoms. The van der Waals surface area contributed by atoms with Gasteiger partial charge in [0, 0.05) is 43.9 Å². The van der Waals surface area contributed by atoms with Gasteiger partial charge in [-0.2, -0.15) is 0 Å². The second-order valence-electron chi connectivity index (χ2n) is 17.6. The Morgan fingerprint density at radius 2 is 0.657 bits per heavy atom. The van der Waals surface area contributed by atoms with Gasteiger partial charge < -0.3 is 13.5 Å². The number of rotatable bonds is 6. The summed E-state index contributed by atoms with van der Waals surface area (Å²) < 4.78 is 7.19. The Morgan fingerprint density at radius 1 is 0.254 bits per heavy atom. The molecule has 10 aromatic carbocycles. The van der Waals surface area contributed by atoms with Gasteiger partial charge in [-0.15, -0.1) is 0 Å². The van der Waals surface area contributed by atoms with Crippen LogP contribution in [0.15, 0.2) is 243 Å². The van der Waals surface area contributed by atoms with Gasteiger partial charge in [0.25, 0.3) is 0 Å². The van der Waals surface area contributed by atoms with Crippen LogP contribution >= 0.6 is 0 Å². The average Bonchev–Trinajstić information content (AvgIpc) is 4.04. The molecule has 0 fully saturated rings. The minimum Gasteiger partial charge on any atom is -0.309 e. The van der Waals surface area contributed by atoms with E-state index in [0.717, 1.165) is 33.5 Å². The van der Waals surface area contributed by atoms with Gasteiger partial charge in [-0.1, -0.05) is 146 Å². The summed E-state index contributed by atoms with van der Waals surface area (Å²) in [6.07, 6.45) is 2.03. The van der Waals surface area contributed by atoms with Crippen molar-refractivity contribution in [3.05, 3.63) is 243 Å². The van der Waals surface area contributed by atoms with E-state index in [0.29, 0.717) is 0 Å². The number of fused-ring (bicyclic) bond motifs is 11. The monoisotopic (exact) mass is 852 g/mol. The van der Waals surface area contributed by atoms with E-state index in [1.807, 2.05) is 6.20 Å². The molecule has 14 aromatic rings. The van der Waals surface area contributed by atoms with E-state index in [2.05, 4.69) is 250 Å². The van der Waals surface area contributed by atoms with Crippen LogP contribution in [-0.4, -0.2) is 18.5 Å². The van der Waals surface area contributed by atoms with Crippen LogP contribution in [0, 0.1) is 0 Å². The van der Waals surface area contributed by atoms with Crippen molar-refractivity contribution in [2.24, 2.45) is 0 Å². The summed E-state index contributed by atoms with van der Waals surface area (Å²) in [5.41, 5.74) is 20.9. The predicted molar refractivity (Wildman–Crippen MR) is 281 cm³/mol. The van der Waals surface area contributed by atoms with Gasteiger partial charge in [0.05, 0.1) is 50.3 Å². The lowest BCUT2D eigenvalue weighted by Gasteiger charge is -2.11. The topological polar surface area (TPSA) is 27.2 Å². The molecule has 4 aromatic heterocycles. The zero-order chi connectivity index (χ0) is 44.0. The summed E-state index contributed by atoms with van der Waals surface area (Å²) in [7, 11) is 0. The second-order valence-corrected chi connectivity index (χ2v) is 17.6. The van der Waals surface area contributed by atoms with E-state index < -0.39 is 0 Å². The van der Waals surface area contributed by atoms with Crippen LogP contribution in [-0.2, 0) is 0 Å². The first-order valence-corrected chi connectivity index (χ1v) is 22.9. The first-order valence-electron chi connectivity index (χ1n) is 22.9. The highest BCUT2D eigenvalue weighted by Gasteiger charge is 2.20. The molecule has 0 atom stereocenters. The highest BCUT2D eigenvalue weighted by atomic mass is 15.0. The fraction of sp³-hybridized carbons (Fsp3) is 0. The van der Waals surface area contributed by atoms with E-state index in [9.17, 15) is 0 Å². The lowest BCUT2D eigenvalue weighted by molar-refractivity contribution is 1.18. The number of nitrogens with zero attached hydrogens (tertiary/aromatic N) is 4. The van der Waals surface area contributed by atoms with Crippen LogP contribution in [0.4, 0.5) is 0 Å². The quantitative estimate of drug-likeness (QED) is 0.164. The maximum Gasteiger partial charge on any atom is 0.0871 e. The van der Waals surface area contributed by atoms with Crippen molar-refractivity contribution >= 4 is 71.1 Å². The molecule has 4 heteroatoms. The fourth-order valence-electron chi connectivity index (χ4n) is 10.8. The molecule has 14 rings (SSSR count). The summed E-state index contributed by atoms with van der Waals surface area (Å²) in [4.78, 5) is 4.91. The molecule has 67 heavy (non-hydrogen) atoms. The van der Waals surface area contributed by atoms with Crippen LogP contribution in [0.5, 0.6) is 0 Å². The molecule has 0 aliphatic heterocycles. The van der Waals surface area contributed by atoms with Crippen molar-refractivity contribution in [2.45, 2.75) is 0 Å². The average molecular weight is 853 g/mol. The maximum absolute atomic E-state index is 4.91. The molecule has 0 N–H and O–H groups in total. The number of hydrogen-bond donors (Lipinski definition) is 0. The third-order valence-corrected chi connectivity index (χ3v) is 13.9. The summed E-state index contributed by atoms with van der Waals surface area (Å²) in [6, 6.07) is 86.2. The second kappa shape index (κ2) is 14.8. The van der Waals surface area contributed by atoms with Gasteiger partial charge >= 0.3 is 0 Å². The maximum atomic E-state index is 4.91. The summed E-state index contributed by atoms with van der Waals surface area (Å²) in [5, 5.41) is 6.12. The zero-order valence-corrected chi connectivity index (χ0v) is 36.4. The van der Waals surface area contributed by atoms with E-state index in [-0.39, 0.29) is 0 Å². The molecule has 0 radical (unpaired) electrons. The third kappa shape index (κ3) is 5.83. The van der Waals surface area contributed by atoms with Gasteiger partial charge in [-0.25, -0.2) is 0 Å². The molecule has 0 unspecified atom stereocenters. The van der Waals surface area contributed by atoms with Crippen molar-refractivity contribution in [1.82, 2.24) is 18.5 Å². The molecule has 0 spiro atoms. The molecule has 0 saturated carbocycles. The molecule has 0 saturated heterocycles. The molecule has 0 aliphatic carbocycles. The molecule has 312 valence electrons. The Hall–Kier alpha value is -8.99. The molecular weight excluding hydrogens is 813 g/mol. The van der Waals surface area contributed by atoms with E-state index in [1.165, 1.54) is 93.5 Å². The Morgan fingerprint density at radius 3 is 1.18 bits per heavy atom. The van der Waals surface area contributed by atoms with Crippen molar-refractivity contribution in [2.75, 3.05) is 0 Å². The first-order chi connectivity index (χ1) is 33.2. The smallest absolute Gasteiger partial charge is 0.0871 e. The SMILES string of the molecule is c1ccc(-c2ccc3c(c2)c2cc(-c4ccc5c(c4)c4cc(-c6ccccc6)ccc4n5-c4ccc(-c5c6ccccc6n6c5cnc5ccccc56)cc4)ccc2n3-c2ccccc2)cc1. The molecule has 4 heterocycles. The minimum atomic E-state index is 0.983. The normalized spacial score (nSPS) is 11.9. The van der Waals surface area contributed by atoms with Crippen molar-refractivity contribution in [3.8, 4) is 55.9 Å². The van der Waals surface area contributed by atoms with Gasteiger partial charge in [0.2, 0.25) is 0 Å². The zero-order valence-electron chi connectivity index (χ0n) is 36.4. The summed E-state index contributed by atoms with van der Waals surface area (Å²) >= 11 is 0. The van der Waals surface area contributed by atoms with E-state index in [1.54, 1.807) is 0 Å². The number of para-hydroxylation sites is 4. The Kier molecular flexibility index (Phi) is 8.25. The third-order valence-electron chi connectivity index (χ3n) is 13.9. The van der Waals surface area contributed by atoms with Crippen LogP contribution in [0.1, 0.15) is 0 Å². The summed E-state index contributed by atoms with van der Waals surface area (Å²) in [5.74, 6) is 0. The fourth-order valence-corrected chi connectivity index (χ4v) is 10.8. The number of aromatic nitrogens is 4. The van der Waals surface area contributed by atoms with Crippen LogP contribution in [0.3, 0.4) is 0 Å². The standard InChI is InChI=1S/C63H40N4/c1-4-14-41(15-5-1)44-26-32-57-51(36-44)53-38-46(28-34-58(53)65(57)48-18-8-3-9-19-48)47-29-35-60-54(39-47)52-37-45(42-16-6-2-7-17-42)27-33-59(52)66(60)49-30-24-43(25-31-49)63-50-20-10-12-22-56(50)67-61-23-13-11-21-55(61)64-40-62(63)67/h1-40H. The highest BCUT2D eigenvalue weighted by molar-refractivity contribution is 6.14. The van der Waals surface area contributed by atoms with Gasteiger partial charge in [-0.05, 0) is 130 Å². The molecule has 0 amide bonds. The minimum absolute atomic E-state index is 0.983. The van der Waals surface area contributed by atoms with Crippen LogP contribution in [0.2, 0.25) is 0 Å². The van der Waals surface area contributed by atoms with Crippen molar-refractivity contribution < 1.29 is 0 Å². The van der Waals surface area contributed by atoms with E-state index in [4.69, 9.17) is 4.98 Å². The highest BCUT2D eigenvalue weighted by Crippen LogP contribution is 2.42. The lowest BCUT2D eigenvalue weighted by atomic mass is 9.98. The van der Waals surface area contributed by atoms with Gasteiger partial charge in [-0.3, -0.25) is 4.98 Å². The molecular formula is C63H40N4. The Bertz CT molecular complexity index is 4230. The number of benzene rings is 10. The Labute approximate surface area is 386 Å². The van der Waals surface area contributed by atoms with Gasteiger partial charge in [0.1, 0.15) is 0 Å². The molecule has 4 nitrogen and oxygen atoms in total. The van der Waals surface area contributed by atoms with Crippen molar-refractivity contribution in [3.63, 3.8) is 0 Å². The van der Waals surface area contributed by atoms with Crippen LogP contribution < -0.4 is 0 Å². The van der Waals surface area contributed by atoms with Crippen molar-refractivity contribution in [1.29, 1.82) is 0 Å². The van der Waals surface area contributed by atoms with E-state index >= 15 is 0 Å². The first kappa shape index (κ1) is 37.4. The lowest BCUT2D eigenvalue weighted by Crippen LogP contribution is -1.94. The van der Waals surface area contributed by atoms with Gasteiger partial charge in [0.15, 0.2) is 0 Å². The summed E-state index contributed by atoms with van der Waals surface area (Å²) in [6.45, 7) is 0.